The van der Waals surface area contributed by atoms with E-state index >= 15 is 0 Å². The zero-order valence-corrected chi connectivity index (χ0v) is 12.0. The van der Waals surface area contributed by atoms with Crippen LogP contribution in [-0.4, -0.2) is 24.3 Å². The van der Waals surface area contributed by atoms with Crippen molar-refractivity contribution in [1.82, 2.24) is 5.32 Å². The second-order valence-corrected chi connectivity index (χ2v) is 5.32. The van der Waals surface area contributed by atoms with Crippen LogP contribution in [0.4, 0.5) is 0 Å². The summed E-state index contributed by atoms with van der Waals surface area (Å²) in [5, 5.41) is 3.44. The van der Waals surface area contributed by atoms with Gasteiger partial charge in [0.05, 0.1) is 12.6 Å². The van der Waals surface area contributed by atoms with Gasteiger partial charge in [0.2, 0.25) is 5.91 Å². The van der Waals surface area contributed by atoms with Crippen LogP contribution in [0.5, 0.6) is 5.75 Å². The molecule has 2 rings (SSSR count). The minimum Gasteiger partial charge on any atom is -0.494 e. The van der Waals surface area contributed by atoms with Crippen LogP contribution in [0, 0.1) is 0 Å². The lowest BCUT2D eigenvalue weighted by Crippen LogP contribution is -2.37. The molecule has 0 spiro atoms. The Morgan fingerprint density at radius 2 is 2.10 bits per heavy atom. The maximum Gasteiger partial charge on any atom is 0.220 e. The van der Waals surface area contributed by atoms with Crippen LogP contribution in [-0.2, 0) is 9.59 Å². The highest BCUT2D eigenvalue weighted by Crippen LogP contribution is 2.16. The molecule has 20 heavy (non-hydrogen) atoms. The Balaban J connectivity index is 1.62. The van der Waals surface area contributed by atoms with Gasteiger partial charge in [-0.2, -0.15) is 0 Å². The summed E-state index contributed by atoms with van der Waals surface area (Å²) in [6.45, 7) is 0.466. The lowest BCUT2D eigenvalue weighted by molar-refractivity contribution is -0.126. The van der Waals surface area contributed by atoms with Crippen molar-refractivity contribution >= 4 is 23.3 Å². The first-order chi connectivity index (χ1) is 9.65. The van der Waals surface area contributed by atoms with Gasteiger partial charge < -0.3 is 10.1 Å². The Kier molecular flexibility index (Phi) is 5.41. The van der Waals surface area contributed by atoms with Crippen LogP contribution < -0.4 is 10.1 Å². The van der Waals surface area contributed by atoms with Crippen LogP contribution in [0.15, 0.2) is 24.3 Å². The van der Waals surface area contributed by atoms with E-state index in [0.717, 1.165) is 18.6 Å². The molecule has 4 nitrogen and oxygen atoms in total. The number of carbonyl (C=O) groups is 2. The molecule has 1 fully saturated rings. The van der Waals surface area contributed by atoms with E-state index in [1.54, 1.807) is 24.3 Å². The fourth-order valence-corrected chi connectivity index (χ4v) is 2.31. The molecule has 1 saturated carbocycles. The molecule has 0 aliphatic heterocycles. The van der Waals surface area contributed by atoms with Crippen molar-refractivity contribution in [2.24, 2.45) is 0 Å². The molecule has 1 aliphatic rings. The average molecular weight is 296 g/mol. The van der Waals surface area contributed by atoms with Gasteiger partial charge in [0.25, 0.3) is 0 Å². The fraction of sp³-hybridized carbons (Fsp3) is 0.467. The average Bonchev–Trinajstić information content (AvgIpc) is 2.82. The van der Waals surface area contributed by atoms with Crippen molar-refractivity contribution in [3.8, 4) is 5.75 Å². The van der Waals surface area contributed by atoms with E-state index < -0.39 is 0 Å². The third kappa shape index (κ3) is 4.53. The van der Waals surface area contributed by atoms with Crippen LogP contribution in [0.3, 0.4) is 0 Å². The van der Waals surface area contributed by atoms with Crippen LogP contribution in [0.2, 0.25) is 5.02 Å². The second kappa shape index (κ2) is 7.29. The van der Waals surface area contributed by atoms with Gasteiger partial charge in [0, 0.05) is 17.9 Å². The molecule has 0 heterocycles. The molecule has 0 bridgehead atoms. The number of rotatable bonds is 6. The number of benzene rings is 1. The molecule has 1 atom stereocenters. The Hall–Kier alpha value is -1.55. The summed E-state index contributed by atoms with van der Waals surface area (Å²) in [6, 6.07) is 6.84. The number of ketones is 1. The predicted octanol–water partition coefficient (Wildman–Crippen LogP) is 2.74. The van der Waals surface area contributed by atoms with E-state index in [4.69, 9.17) is 16.3 Å². The van der Waals surface area contributed by atoms with Crippen molar-refractivity contribution in [3.63, 3.8) is 0 Å². The smallest absolute Gasteiger partial charge is 0.220 e. The molecular formula is C15H18ClNO3. The second-order valence-electron chi connectivity index (χ2n) is 4.88. The summed E-state index contributed by atoms with van der Waals surface area (Å²) in [5.41, 5.74) is 0. The number of amides is 1. The van der Waals surface area contributed by atoms with Crippen LogP contribution in [0.1, 0.15) is 32.1 Å². The molecule has 108 valence electrons. The first-order valence-electron chi connectivity index (χ1n) is 6.85. The van der Waals surface area contributed by atoms with Crippen molar-refractivity contribution < 1.29 is 14.3 Å². The molecule has 1 aromatic rings. The van der Waals surface area contributed by atoms with Crippen molar-refractivity contribution in [2.75, 3.05) is 6.61 Å². The summed E-state index contributed by atoms with van der Waals surface area (Å²) in [7, 11) is 0. The van der Waals surface area contributed by atoms with Gasteiger partial charge in [-0.3, -0.25) is 9.59 Å². The number of carbonyl (C=O) groups excluding carboxylic acids is 2. The predicted molar refractivity (Wildman–Crippen MR) is 77.0 cm³/mol. The fourth-order valence-electron chi connectivity index (χ4n) is 2.19. The third-order valence-corrected chi connectivity index (χ3v) is 3.52. The first-order valence-corrected chi connectivity index (χ1v) is 7.23. The van der Waals surface area contributed by atoms with Crippen molar-refractivity contribution in [1.29, 1.82) is 0 Å². The SMILES string of the molecule is O=C(CCCOc1ccc(Cl)cc1)N[C@H]1CCCC1=O. The number of Topliss-reactive ketones (excluding diaryl/α,β-unsaturated/α-hetero) is 1. The highest BCUT2D eigenvalue weighted by Gasteiger charge is 2.25. The first kappa shape index (κ1) is 14.9. The summed E-state index contributed by atoms with van der Waals surface area (Å²) < 4.78 is 5.50. The Morgan fingerprint density at radius 1 is 1.35 bits per heavy atom. The minimum atomic E-state index is -0.264. The number of nitrogens with one attached hydrogen (secondary N) is 1. The minimum absolute atomic E-state index is 0.0787. The highest BCUT2D eigenvalue weighted by atomic mass is 35.5. The Labute approximate surface area is 123 Å². The Bertz CT molecular complexity index is 473. The van der Waals surface area contributed by atoms with Crippen molar-refractivity contribution in [2.45, 2.75) is 38.1 Å². The zero-order chi connectivity index (χ0) is 14.4. The van der Waals surface area contributed by atoms with Gasteiger partial charge in [-0.05, 0) is 43.5 Å². The number of halogens is 1. The van der Waals surface area contributed by atoms with E-state index in [2.05, 4.69) is 5.32 Å². The van der Waals surface area contributed by atoms with Gasteiger partial charge in [-0.15, -0.1) is 0 Å². The molecular weight excluding hydrogens is 278 g/mol. The quantitative estimate of drug-likeness (QED) is 0.821. The summed E-state index contributed by atoms with van der Waals surface area (Å²) >= 11 is 5.77. The van der Waals surface area contributed by atoms with E-state index in [-0.39, 0.29) is 17.7 Å². The molecule has 0 aromatic heterocycles. The molecule has 1 N–H and O–H groups in total. The maximum absolute atomic E-state index is 11.7. The Morgan fingerprint density at radius 3 is 2.75 bits per heavy atom. The number of hydrogen-bond acceptors (Lipinski definition) is 3. The lowest BCUT2D eigenvalue weighted by atomic mass is 10.2. The van der Waals surface area contributed by atoms with Gasteiger partial charge in [-0.25, -0.2) is 0 Å². The zero-order valence-electron chi connectivity index (χ0n) is 11.2. The normalized spacial score (nSPS) is 18.1. The summed E-state index contributed by atoms with van der Waals surface area (Å²) in [5.74, 6) is 0.807. The molecule has 0 radical (unpaired) electrons. The van der Waals surface area contributed by atoms with E-state index in [9.17, 15) is 9.59 Å². The molecule has 5 heteroatoms. The van der Waals surface area contributed by atoms with Gasteiger partial charge in [0.15, 0.2) is 5.78 Å². The molecule has 1 aliphatic carbocycles. The van der Waals surface area contributed by atoms with Crippen LogP contribution >= 0.6 is 11.6 Å². The maximum atomic E-state index is 11.7. The standard InChI is InChI=1S/C15H18ClNO3/c16-11-6-8-12(9-7-11)20-10-2-5-15(19)17-13-3-1-4-14(13)18/h6-9,13H,1-5,10H2,(H,17,19)/t13-/m0/s1. The molecule has 0 saturated heterocycles. The lowest BCUT2D eigenvalue weighted by Gasteiger charge is -2.11. The summed E-state index contributed by atoms with van der Waals surface area (Å²) in [6.07, 6.45) is 3.23. The van der Waals surface area contributed by atoms with E-state index in [1.165, 1.54) is 0 Å². The molecule has 1 aromatic carbocycles. The number of hydrogen-bond donors (Lipinski definition) is 1. The molecule has 0 unspecified atom stereocenters. The number of ether oxygens (including phenoxy) is 1. The van der Waals surface area contributed by atoms with Crippen LogP contribution in [0.25, 0.3) is 0 Å². The van der Waals surface area contributed by atoms with E-state index in [1.807, 2.05) is 0 Å². The largest absolute Gasteiger partial charge is 0.494 e. The monoisotopic (exact) mass is 295 g/mol. The topological polar surface area (TPSA) is 55.4 Å². The summed E-state index contributed by atoms with van der Waals surface area (Å²) in [4.78, 5) is 23.1. The van der Waals surface area contributed by atoms with Gasteiger partial charge in [-0.1, -0.05) is 11.6 Å². The highest BCUT2D eigenvalue weighted by molar-refractivity contribution is 6.30. The van der Waals surface area contributed by atoms with E-state index in [0.29, 0.717) is 30.9 Å². The van der Waals surface area contributed by atoms with Gasteiger partial charge in [0.1, 0.15) is 5.75 Å². The van der Waals surface area contributed by atoms with Crippen molar-refractivity contribution in [3.05, 3.63) is 29.3 Å². The van der Waals surface area contributed by atoms with Gasteiger partial charge >= 0.3 is 0 Å². The third-order valence-electron chi connectivity index (χ3n) is 3.27. The molecule has 1 amide bonds.